The fraction of sp³-hybridized carbons (Fsp3) is 1.00. The third kappa shape index (κ3) is 7.37. The van der Waals surface area contributed by atoms with E-state index in [2.05, 4.69) is 6.92 Å². The quantitative estimate of drug-likeness (QED) is 0.385. The maximum atomic E-state index is 5.48. The van der Waals surface area contributed by atoms with Crippen molar-refractivity contribution in [3.63, 3.8) is 0 Å². The summed E-state index contributed by atoms with van der Waals surface area (Å²) in [5, 5.41) is 0. The number of rotatable bonds is 8. The Kier molecular flexibility index (Phi) is 10.4. The first kappa shape index (κ1) is 12.7. The molecule has 0 N–H and O–H groups in total. The zero-order valence-corrected chi connectivity index (χ0v) is 11.3. The summed E-state index contributed by atoms with van der Waals surface area (Å²) in [6.45, 7) is 7.88. The van der Waals surface area contributed by atoms with Crippen molar-refractivity contribution in [2.45, 2.75) is 42.4 Å². The maximum absolute atomic E-state index is 5.48. The first-order valence-electron chi connectivity index (χ1n) is 4.81. The van der Waals surface area contributed by atoms with E-state index in [-0.39, 0.29) is 4.31 Å². The molecule has 0 aromatic carbocycles. The molecule has 0 unspecified atom stereocenters. The van der Waals surface area contributed by atoms with Crippen LogP contribution in [-0.2, 0) is 9.47 Å². The zero-order valence-electron chi connectivity index (χ0n) is 8.43. The third-order valence-electron chi connectivity index (χ3n) is 1.48. The van der Waals surface area contributed by atoms with Gasteiger partial charge in [-0.1, -0.05) is 0 Å². The molecule has 0 fully saturated rings. The molecular weight excluding hydrogens is 259 g/mol. The molecule has 2 radical (unpaired) electrons. The first-order chi connectivity index (χ1) is 5.85. The average molecular weight is 279 g/mol. The Bertz CT molecular complexity index is 82.6. The molecule has 0 aromatic rings. The Morgan fingerprint density at radius 1 is 1.08 bits per heavy atom. The van der Waals surface area contributed by atoms with Gasteiger partial charge in [0.15, 0.2) is 0 Å². The van der Waals surface area contributed by atoms with Crippen LogP contribution in [0, 0.1) is 0 Å². The second kappa shape index (κ2) is 9.80. The molecule has 0 saturated heterocycles. The molecule has 0 aliphatic heterocycles. The summed E-state index contributed by atoms with van der Waals surface area (Å²) in [7, 11) is 0. The Balaban J connectivity index is 3.34. The van der Waals surface area contributed by atoms with Crippen molar-refractivity contribution >= 4 is 21.1 Å². The molecule has 0 aliphatic carbocycles. The zero-order chi connectivity index (χ0) is 9.23. The van der Waals surface area contributed by atoms with E-state index >= 15 is 0 Å². The van der Waals surface area contributed by atoms with E-state index in [1.165, 1.54) is 17.3 Å². The second-order valence-electron chi connectivity index (χ2n) is 2.55. The minimum atomic E-state index is -0.419. The summed E-state index contributed by atoms with van der Waals surface area (Å²) in [5.41, 5.74) is 0. The van der Waals surface area contributed by atoms with Crippen LogP contribution in [0.3, 0.4) is 0 Å². The van der Waals surface area contributed by atoms with Crippen LogP contribution in [0.25, 0.3) is 0 Å². The van der Waals surface area contributed by atoms with Gasteiger partial charge in [-0.3, -0.25) is 0 Å². The van der Waals surface area contributed by atoms with Crippen molar-refractivity contribution in [2.75, 3.05) is 13.2 Å². The van der Waals surface area contributed by atoms with E-state index < -0.39 is 21.1 Å². The molecule has 72 valence electrons. The molecule has 3 heteroatoms. The van der Waals surface area contributed by atoms with Gasteiger partial charge in [-0.05, 0) is 0 Å². The fourth-order valence-electron chi connectivity index (χ4n) is 0.865. The molecule has 0 amide bonds. The van der Waals surface area contributed by atoms with Crippen LogP contribution in [0.4, 0.5) is 0 Å². The summed E-state index contributed by atoms with van der Waals surface area (Å²) < 4.78 is 12.5. The predicted octanol–water partition coefficient (Wildman–Crippen LogP) is 2.27. The molecule has 0 heterocycles. The number of hydrogen-bond acceptors (Lipinski definition) is 2. The molecule has 0 aliphatic rings. The van der Waals surface area contributed by atoms with Crippen LogP contribution in [-0.4, -0.2) is 38.7 Å². The summed E-state index contributed by atoms with van der Waals surface area (Å²) in [4.78, 5) is 0. The summed E-state index contributed by atoms with van der Waals surface area (Å²) >= 11 is -0.419. The standard InChI is InChI=1S/C5H11O2.C4H9.Sn/c1-3-6-5-7-4-2;1-3-4-2;/h5H,3-4H2,1-2H3;1,3-4H2,2H3;. The molecule has 2 nitrogen and oxygen atoms in total. The van der Waals surface area contributed by atoms with Gasteiger partial charge in [0.05, 0.1) is 0 Å². The van der Waals surface area contributed by atoms with Gasteiger partial charge in [0.2, 0.25) is 0 Å². The molecule has 0 atom stereocenters. The number of ether oxygens (including phenoxy) is 2. The summed E-state index contributed by atoms with van der Waals surface area (Å²) in [6.07, 6.45) is 2.65. The van der Waals surface area contributed by atoms with Crippen molar-refractivity contribution in [1.82, 2.24) is 0 Å². The number of hydrogen-bond donors (Lipinski definition) is 0. The molecule has 0 saturated carbocycles. The Morgan fingerprint density at radius 3 is 2.08 bits per heavy atom. The second-order valence-corrected chi connectivity index (χ2v) is 6.49. The van der Waals surface area contributed by atoms with Gasteiger partial charge in [-0.25, -0.2) is 0 Å². The normalized spacial score (nSPS) is 11.0. The van der Waals surface area contributed by atoms with Crippen molar-refractivity contribution in [3.05, 3.63) is 0 Å². The monoisotopic (exact) mass is 280 g/mol. The van der Waals surface area contributed by atoms with Crippen LogP contribution in [0.5, 0.6) is 0 Å². The first-order valence-corrected chi connectivity index (χ1v) is 8.48. The van der Waals surface area contributed by atoms with E-state index in [1.807, 2.05) is 13.8 Å². The Morgan fingerprint density at radius 2 is 1.67 bits per heavy atom. The van der Waals surface area contributed by atoms with Gasteiger partial charge in [0.1, 0.15) is 0 Å². The van der Waals surface area contributed by atoms with Gasteiger partial charge in [-0.15, -0.1) is 0 Å². The topological polar surface area (TPSA) is 18.5 Å². The van der Waals surface area contributed by atoms with E-state index in [4.69, 9.17) is 9.47 Å². The van der Waals surface area contributed by atoms with Gasteiger partial charge in [0.25, 0.3) is 0 Å². The fourth-order valence-corrected chi connectivity index (χ4v) is 4.75. The molecule has 12 heavy (non-hydrogen) atoms. The molecule has 0 rings (SSSR count). The van der Waals surface area contributed by atoms with E-state index in [1.54, 1.807) is 0 Å². The summed E-state index contributed by atoms with van der Waals surface area (Å²) in [6, 6.07) is 0. The van der Waals surface area contributed by atoms with Crippen LogP contribution >= 0.6 is 0 Å². The van der Waals surface area contributed by atoms with Crippen molar-refractivity contribution in [3.8, 4) is 0 Å². The SMILES string of the molecule is CCC[CH2][Sn][CH](OCC)OCC. The van der Waals surface area contributed by atoms with E-state index in [9.17, 15) is 0 Å². The van der Waals surface area contributed by atoms with Crippen molar-refractivity contribution < 1.29 is 9.47 Å². The molecule has 0 aromatic heterocycles. The molecule has 0 bridgehead atoms. The van der Waals surface area contributed by atoms with Crippen LogP contribution in [0.15, 0.2) is 0 Å². The molecule has 0 spiro atoms. The number of unbranched alkanes of at least 4 members (excludes halogenated alkanes) is 1. The van der Waals surface area contributed by atoms with Gasteiger partial charge >= 0.3 is 86.2 Å². The average Bonchev–Trinajstić information content (AvgIpc) is 2.06. The Labute approximate surface area is 86.2 Å². The molecular formula is C9H20O2Sn. The van der Waals surface area contributed by atoms with E-state index in [0.29, 0.717) is 0 Å². The third-order valence-corrected chi connectivity index (χ3v) is 5.21. The Hall–Kier alpha value is 0.719. The van der Waals surface area contributed by atoms with Gasteiger partial charge < -0.3 is 0 Å². The van der Waals surface area contributed by atoms with Crippen LogP contribution in [0.1, 0.15) is 33.6 Å². The van der Waals surface area contributed by atoms with Gasteiger partial charge in [-0.2, -0.15) is 0 Å². The van der Waals surface area contributed by atoms with E-state index in [0.717, 1.165) is 13.2 Å². The van der Waals surface area contributed by atoms with Crippen molar-refractivity contribution in [1.29, 1.82) is 0 Å². The van der Waals surface area contributed by atoms with Crippen LogP contribution in [0.2, 0.25) is 4.44 Å². The van der Waals surface area contributed by atoms with Crippen molar-refractivity contribution in [2.24, 2.45) is 0 Å². The van der Waals surface area contributed by atoms with Gasteiger partial charge in [0, 0.05) is 0 Å². The summed E-state index contributed by atoms with van der Waals surface area (Å²) in [5.74, 6) is 0. The minimum absolute atomic E-state index is 0.204. The predicted molar refractivity (Wildman–Crippen MR) is 52.5 cm³/mol. The van der Waals surface area contributed by atoms with Crippen LogP contribution < -0.4 is 0 Å².